The summed E-state index contributed by atoms with van der Waals surface area (Å²) in [6.07, 6.45) is 2.58. The van der Waals surface area contributed by atoms with Crippen LogP contribution in [-0.4, -0.2) is 49.1 Å². The first-order valence-corrected chi connectivity index (χ1v) is 8.65. The highest BCUT2D eigenvalue weighted by Gasteiger charge is 2.34. The van der Waals surface area contributed by atoms with Crippen molar-refractivity contribution >= 4 is 45.8 Å². The maximum atomic E-state index is 12.5. The first kappa shape index (κ1) is 21.0. The number of hydrogen-bond donors (Lipinski definition) is 2. The minimum Gasteiger partial charge on any atom is -0.370 e. The molecule has 0 bridgehead atoms. The summed E-state index contributed by atoms with van der Waals surface area (Å²) < 4.78 is 48.5. The van der Waals surface area contributed by atoms with E-state index in [1.54, 1.807) is 18.3 Å². The lowest BCUT2D eigenvalue weighted by Crippen LogP contribution is -2.41. The van der Waals surface area contributed by atoms with Crippen LogP contribution in [0.15, 0.2) is 29.4 Å². The van der Waals surface area contributed by atoms with Gasteiger partial charge in [-0.1, -0.05) is 6.07 Å². The van der Waals surface area contributed by atoms with Gasteiger partial charge in [-0.05, 0) is 30.9 Å². The number of sulfonamides is 1. The number of piperidine rings is 1. The molecule has 1 aromatic heterocycles. The number of hydrogen-bond acceptors (Lipinski definition) is 4. The van der Waals surface area contributed by atoms with Crippen molar-refractivity contribution in [2.45, 2.75) is 18.6 Å². The summed E-state index contributed by atoms with van der Waals surface area (Å²) in [7, 11) is -4.48. The van der Waals surface area contributed by atoms with E-state index in [-0.39, 0.29) is 48.9 Å². The SMILES string of the molecule is I.NC(=NCC1CCN(S(=O)(=O)C(F)F)CC1)Nc1ccccn1. The van der Waals surface area contributed by atoms with Gasteiger partial charge in [0.25, 0.3) is 10.0 Å². The van der Waals surface area contributed by atoms with Gasteiger partial charge in [0.2, 0.25) is 0 Å². The molecule has 1 aliphatic rings. The van der Waals surface area contributed by atoms with Gasteiger partial charge in [0.05, 0.1) is 0 Å². The number of guanidine groups is 1. The van der Waals surface area contributed by atoms with E-state index in [1.807, 2.05) is 6.07 Å². The van der Waals surface area contributed by atoms with Crippen LogP contribution in [0.2, 0.25) is 0 Å². The quantitative estimate of drug-likeness (QED) is 0.384. The molecule has 11 heteroatoms. The van der Waals surface area contributed by atoms with E-state index in [0.717, 1.165) is 4.31 Å². The van der Waals surface area contributed by atoms with Crippen LogP contribution in [-0.2, 0) is 10.0 Å². The monoisotopic (exact) mass is 475 g/mol. The summed E-state index contributed by atoms with van der Waals surface area (Å²) in [4.78, 5) is 8.24. The van der Waals surface area contributed by atoms with Crippen LogP contribution < -0.4 is 11.1 Å². The van der Waals surface area contributed by atoms with E-state index in [9.17, 15) is 17.2 Å². The van der Waals surface area contributed by atoms with Gasteiger partial charge in [-0.15, -0.1) is 24.0 Å². The van der Waals surface area contributed by atoms with Gasteiger partial charge in [0, 0.05) is 25.8 Å². The van der Waals surface area contributed by atoms with Crippen molar-refractivity contribution in [2.75, 3.05) is 25.0 Å². The number of anilines is 1. The van der Waals surface area contributed by atoms with Crippen LogP contribution in [0.5, 0.6) is 0 Å². The smallest absolute Gasteiger partial charge is 0.350 e. The van der Waals surface area contributed by atoms with Crippen LogP contribution in [0, 0.1) is 5.92 Å². The predicted molar refractivity (Wildman–Crippen MR) is 99.0 cm³/mol. The number of nitrogens with zero attached hydrogens (tertiary/aromatic N) is 3. The standard InChI is InChI=1S/C13H19F2N5O2S.HI/c14-12(15)23(21,22)20-7-4-10(5-8-20)9-18-13(16)19-11-3-1-2-6-17-11;/h1-3,6,10,12H,4-5,7-9H2,(H3,16,17,18,19);1H. The van der Waals surface area contributed by atoms with E-state index in [1.165, 1.54) is 0 Å². The van der Waals surface area contributed by atoms with Crippen LogP contribution in [0.3, 0.4) is 0 Å². The van der Waals surface area contributed by atoms with E-state index in [0.29, 0.717) is 25.2 Å². The van der Waals surface area contributed by atoms with Gasteiger partial charge < -0.3 is 11.1 Å². The summed E-state index contributed by atoms with van der Waals surface area (Å²) in [6, 6.07) is 5.33. The molecular formula is C13H20F2IN5O2S. The summed E-state index contributed by atoms with van der Waals surface area (Å²) >= 11 is 0. The van der Waals surface area contributed by atoms with Gasteiger partial charge in [-0.2, -0.15) is 13.1 Å². The minimum atomic E-state index is -4.48. The zero-order valence-corrected chi connectivity index (χ0v) is 16.0. The number of pyridine rings is 1. The molecule has 0 spiro atoms. The molecule has 2 heterocycles. The molecule has 0 aromatic carbocycles. The lowest BCUT2D eigenvalue weighted by molar-refractivity contribution is 0.205. The zero-order valence-electron chi connectivity index (χ0n) is 12.8. The first-order valence-electron chi connectivity index (χ1n) is 7.14. The maximum Gasteiger partial charge on any atom is 0.350 e. The predicted octanol–water partition coefficient (Wildman–Crippen LogP) is 1.69. The summed E-state index contributed by atoms with van der Waals surface area (Å²) in [5.41, 5.74) is 5.75. The second-order valence-corrected chi connectivity index (χ2v) is 7.12. The molecule has 0 aliphatic carbocycles. The fraction of sp³-hybridized carbons (Fsp3) is 0.538. The Kier molecular flexibility index (Phi) is 8.22. The molecule has 136 valence electrons. The number of aromatic nitrogens is 1. The Hall–Kier alpha value is -1.08. The number of nitrogens with one attached hydrogen (secondary N) is 1. The second kappa shape index (κ2) is 9.42. The Morgan fingerprint density at radius 1 is 1.42 bits per heavy atom. The van der Waals surface area contributed by atoms with E-state index in [2.05, 4.69) is 15.3 Å². The largest absolute Gasteiger partial charge is 0.370 e. The van der Waals surface area contributed by atoms with Crippen LogP contribution >= 0.6 is 24.0 Å². The van der Waals surface area contributed by atoms with Crippen molar-refractivity contribution in [1.29, 1.82) is 0 Å². The zero-order chi connectivity index (χ0) is 16.9. The lowest BCUT2D eigenvalue weighted by Gasteiger charge is -2.30. The molecule has 24 heavy (non-hydrogen) atoms. The van der Waals surface area contributed by atoms with Crippen LogP contribution in [0.1, 0.15) is 12.8 Å². The Balaban J connectivity index is 0.00000288. The molecule has 0 atom stereocenters. The molecule has 7 nitrogen and oxygen atoms in total. The molecular weight excluding hydrogens is 455 g/mol. The van der Waals surface area contributed by atoms with Gasteiger partial charge in [0.1, 0.15) is 5.82 Å². The first-order chi connectivity index (χ1) is 10.9. The maximum absolute atomic E-state index is 12.5. The van der Waals surface area contributed by atoms with Crippen molar-refractivity contribution < 1.29 is 17.2 Å². The van der Waals surface area contributed by atoms with E-state index < -0.39 is 15.8 Å². The number of nitrogens with two attached hydrogens (primary N) is 1. The highest BCUT2D eigenvalue weighted by Crippen LogP contribution is 2.22. The van der Waals surface area contributed by atoms with Gasteiger partial charge >= 0.3 is 5.76 Å². The van der Waals surface area contributed by atoms with Gasteiger partial charge in [-0.3, -0.25) is 4.99 Å². The third-order valence-electron chi connectivity index (χ3n) is 3.60. The summed E-state index contributed by atoms with van der Waals surface area (Å²) in [5, 5.41) is 2.84. The van der Waals surface area contributed by atoms with Crippen molar-refractivity contribution in [3.05, 3.63) is 24.4 Å². The Morgan fingerprint density at radius 3 is 2.62 bits per heavy atom. The highest BCUT2D eigenvalue weighted by molar-refractivity contribution is 14.0. The fourth-order valence-electron chi connectivity index (χ4n) is 2.29. The Morgan fingerprint density at radius 2 is 2.08 bits per heavy atom. The molecule has 0 amide bonds. The second-order valence-electron chi connectivity index (χ2n) is 5.21. The van der Waals surface area contributed by atoms with Crippen molar-refractivity contribution in [1.82, 2.24) is 9.29 Å². The molecule has 1 aromatic rings. The average molecular weight is 475 g/mol. The minimum absolute atomic E-state index is 0. The number of rotatable bonds is 5. The Bertz CT molecular complexity index is 637. The van der Waals surface area contributed by atoms with Crippen LogP contribution in [0.4, 0.5) is 14.6 Å². The summed E-state index contributed by atoms with van der Waals surface area (Å²) in [5.74, 6) is -2.46. The fourth-order valence-corrected chi connectivity index (χ4v) is 3.24. The summed E-state index contributed by atoms with van der Waals surface area (Å²) in [6.45, 7) is 0.578. The topological polar surface area (TPSA) is 101 Å². The van der Waals surface area contributed by atoms with Gasteiger partial charge in [0.15, 0.2) is 5.96 Å². The number of alkyl halides is 2. The third-order valence-corrected chi connectivity index (χ3v) is 5.13. The van der Waals surface area contributed by atoms with E-state index >= 15 is 0 Å². The molecule has 0 unspecified atom stereocenters. The number of aliphatic imine (C=N–C) groups is 1. The Labute approximate surface area is 156 Å². The highest BCUT2D eigenvalue weighted by atomic mass is 127. The average Bonchev–Trinajstić information content (AvgIpc) is 2.54. The molecule has 1 fully saturated rings. The van der Waals surface area contributed by atoms with Gasteiger partial charge in [-0.25, -0.2) is 13.4 Å². The molecule has 0 saturated carbocycles. The normalized spacial score (nSPS) is 17.5. The van der Waals surface area contributed by atoms with Crippen molar-refractivity contribution in [2.24, 2.45) is 16.6 Å². The van der Waals surface area contributed by atoms with Crippen LogP contribution in [0.25, 0.3) is 0 Å². The van der Waals surface area contributed by atoms with E-state index in [4.69, 9.17) is 5.73 Å². The third kappa shape index (κ3) is 5.77. The lowest BCUT2D eigenvalue weighted by atomic mass is 9.98. The van der Waals surface area contributed by atoms with Crippen molar-refractivity contribution in [3.63, 3.8) is 0 Å². The molecule has 1 saturated heterocycles. The number of halogens is 3. The van der Waals surface area contributed by atoms with Crippen molar-refractivity contribution in [3.8, 4) is 0 Å². The molecule has 0 radical (unpaired) electrons. The molecule has 2 rings (SSSR count). The molecule has 1 aliphatic heterocycles. The molecule has 3 N–H and O–H groups in total.